The summed E-state index contributed by atoms with van der Waals surface area (Å²) in [4.78, 5) is 0. The van der Waals surface area contributed by atoms with Crippen molar-refractivity contribution < 1.29 is 5.11 Å². The summed E-state index contributed by atoms with van der Waals surface area (Å²) < 4.78 is 2.90. The third kappa shape index (κ3) is 2.89. The molecule has 1 atom stereocenters. The Kier molecular flexibility index (Phi) is 3.90. The summed E-state index contributed by atoms with van der Waals surface area (Å²) >= 11 is 3.56. The average Bonchev–Trinajstić information content (AvgIpc) is 2.48. The second-order valence-corrected chi connectivity index (χ2v) is 5.77. The molecule has 1 unspecified atom stereocenters. The van der Waals surface area contributed by atoms with Gasteiger partial charge in [0.15, 0.2) is 0 Å². The van der Waals surface area contributed by atoms with E-state index in [1.165, 1.54) is 0 Å². The molecule has 2 heterocycles. The summed E-state index contributed by atoms with van der Waals surface area (Å²) in [6, 6.07) is 0. The number of halogens is 1. The number of aryl methyl sites for hydroxylation is 2. The third-order valence-corrected chi connectivity index (χ3v) is 4.55. The minimum absolute atomic E-state index is 0.591. The van der Waals surface area contributed by atoms with Crippen LogP contribution in [0.1, 0.15) is 30.7 Å². The predicted molar refractivity (Wildman–Crippen MR) is 71.0 cm³/mol. The highest BCUT2D eigenvalue weighted by atomic mass is 79.9. The molecule has 4 nitrogen and oxygen atoms in total. The van der Waals surface area contributed by atoms with Crippen molar-refractivity contribution in [3.63, 3.8) is 0 Å². The fourth-order valence-electron chi connectivity index (χ4n) is 2.47. The van der Waals surface area contributed by atoms with Crippen molar-refractivity contribution >= 4 is 15.9 Å². The smallest absolute Gasteiger partial charge is 0.0738 e. The Balaban J connectivity index is 2.18. The normalized spacial score (nSPS) is 25.9. The first-order valence-corrected chi connectivity index (χ1v) is 6.92. The Bertz CT molecular complexity index is 395. The van der Waals surface area contributed by atoms with Crippen LogP contribution in [0.4, 0.5) is 0 Å². The Labute approximate surface area is 111 Å². The highest BCUT2D eigenvalue weighted by molar-refractivity contribution is 9.10. The molecule has 17 heavy (non-hydrogen) atoms. The molecular formula is C12H20BrN3O. The third-order valence-electron chi connectivity index (χ3n) is 3.52. The zero-order valence-corrected chi connectivity index (χ0v) is 12.0. The number of nitrogens with zero attached hydrogens (tertiary/aromatic N) is 2. The second kappa shape index (κ2) is 5.08. The van der Waals surface area contributed by atoms with E-state index in [2.05, 4.69) is 26.3 Å². The van der Waals surface area contributed by atoms with Crippen LogP contribution in [-0.4, -0.2) is 33.6 Å². The number of aromatic nitrogens is 2. The number of aliphatic hydroxyl groups is 1. The van der Waals surface area contributed by atoms with Gasteiger partial charge in [-0.1, -0.05) is 0 Å². The van der Waals surface area contributed by atoms with Crippen LogP contribution in [0.5, 0.6) is 0 Å². The average molecular weight is 302 g/mol. The van der Waals surface area contributed by atoms with Crippen LogP contribution in [0.3, 0.4) is 0 Å². The van der Waals surface area contributed by atoms with Crippen LogP contribution in [0, 0.1) is 6.92 Å². The van der Waals surface area contributed by atoms with Crippen molar-refractivity contribution in [3.8, 4) is 0 Å². The van der Waals surface area contributed by atoms with Gasteiger partial charge < -0.3 is 10.4 Å². The summed E-state index contributed by atoms with van der Waals surface area (Å²) in [5.74, 6) is 0. The Morgan fingerprint density at radius 1 is 1.47 bits per heavy atom. The fraction of sp³-hybridized carbons (Fsp3) is 0.750. The van der Waals surface area contributed by atoms with E-state index in [1.54, 1.807) is 0 Å². The quantitative estimate of drug-likeness (QED) is 0.871. The first-order chi connectivity index (χ1) is 8.02. The van der Waals surface area contributed by atoms with Crippen molar-refractivity contribution in [2.75, 3.05) is 13.1 Å². The molecule has 1 fully saturated rings. The van der Waals surface area contributed by atoms with Gasteiger partial charge in [-0.2, -0.15) is 5.10 Å². The van der Waals surface area contributed by atoms with E-state index < -0.39 is 5.60 Å². The summed E-state index contributed by atoms with van der Waals surface area (Å²) in [6.45, 7) is 3.88. The Morgan fingerprint density at radius 3 is 2.88 bits per heavy atom. The molecule has 0 aliphatic carbocycles. The zero-order valence-electron chi connectivity index (χ0n) is 10.5. The molecule has 2 rings (SSSR count). The van der Waals surface area contributed by atoms with Gasteiger partial charge in [-0.15, -0.1) is 0 Å². The second-order valence-electron chi connectivity index (χ2n) is 4.97. The van der Waals surface area contributed by atoms with Crippen LogP contribution in [0.25, 0.3) is 0 Å². The lowest BCUT2D eigenvalue weighted by molar-refractivity contribution is 0.0265. The molecular weight excluding hydrogens is 282 g/mol. The van der Waals surface area contributed by atoms with Gasteiger partial charge >= 0.3 is 0 Å². The minimum Gasteiger partial charge on any atom is -0.389 e. The standard InChI is InChI=1S/C12H20BrN3O/c1-9-11(13)10(16(2)15-9)8-12(17)4-3-6-14-7-5-12/h14,17H,3-8H2,1-2H3. The summed E-state index contributed by atoms with van der Waals surface area (Å²) in [6.07, 6.45) is 3.37. The molecule has 0 bridgehead atoms. The molecule has 1 aromatic rings. The first kappa shape index (κ1) is 13.1. The van der Waals surface area contributed by atoms with E-state index in [0.29, 0.717) is 6.42 Å². The number of nitrogens with one attached hydrogen (secondary N) is 1. The molecule has 2 N–H and O–H groups in total. The molecule has 1 aromatic heterocycles. The van der Waals surface area contributed by atoms with Gasteiger partial charge in [-0.25, -0.2) is 0 Å². The fourth-order valence-corrected chi connectivity index (χ4v) is 2.95. The van der Waals surface area contributed by atoms with Gasteiger partial charge in [-0.3, -0.25) is 4.68 Å². The topological polar surface area (TPSA) is 50.1 Å². The van der Waals surface area contributed by atoms with Crippen LogP contribution in [0.15, 0.2) is 4.47 Å². The zero-order chi connectivity index (χ0) is 12.5. The first-order valence-electron chi connectivity index (χ1n) is 6.13. The van der Waals surface area contributed by atoms with Crippen LogP contribution < -0.4 is 5.32 Å². The largest absolute Gasteiger partial charge is 0.389 e. The van der Waals surface area contributed by atoms with Crippen LogP contribution in [-0.2, 0) is 13.5 Å². The lowest BCUT2D eigenvalue weighted by Gasteiger charge is -2.26. The highest BCUT2D eigenvalue weighted by Crippen LogP contribution is 2.29. The van der Waals surface area contributed by atoms with Crippen molar-refractivity contribution in [2.24, 2.45) is 7.05 Å². The maximum Gasteiger partial charge on any atom is 0.0738 e. The van der Waals surface area contributed by atoms with Gasteiger partial charge in [0.1, 0.15) is 0 Å². The summed E-state index contributed by atoms with van der Waals surface area (Å²) in [7, 11) is 1.94. The molecule has 0 aromatic carbocycles. The van der Waals surface area contributed by atoms with E-state index in [0.717, 1.165) is 48.2 Å². The van der Waals surface area contributed by atoms with Crippen molar-refractivity contribution in [1.29, 1.82) is 0 Å². The van der Waals surface area contributed by atoms with Gasteiger partial charge in [-0.05, 0) is 55.2 Å². The van der Waals surface area contributed by atoms with Crippen molar-refractivity contribution in [1.82, 2.24) is 15.1 Å². The monoisotopic (exact) mass is 301 g/mol. The minimum atomic E-state index is -0.591. The van der Waals surface area contributed by atoms with Gasteiger partial charge in [0.05, 0.1) is 21.5 Å². The van der Waals surface area contributed by atoms with Crippen LogP contribution >= 0.6 is 15.9 Å². The van der Waals surface area contributed by atoms with E-state index in [1.807, 2.05) is 18.7 Å². The van der Waals surface area contributed by atoms with E-state index in [4.69, 9.17) is 0 Å². The van der Waals surface area contributed by atoms with E-state index in [9.17, 15) is 5.11 Å². The van der Waals surface area contributed by atoms with Crippen LogP contribution in [0.2, 0.25) is 0 Å². The molecule has 5 heteroatoms. The SMILES string of the molecule is Cc1nn(C)c(CC2(O)CCCNCC2)c1Br. The lowest BCUT2D eigenvalue weighted by atomic mass is 9.89. The molecule has 0 spiro atoms. The Hall–Kier alpha value is -0.390. The molecule has 1 aliphatic rings. The van der Waals surface area contributed by atoms with E-state index >= 15 is 0 Å². The molecule has 0 saturated carbocycles. The molecule has 1 aliphatic heterocycles. The summed E-state index contributed by atoms with van der Waals surface area (Å²) in [5, 5.41) is 18.4. The number of rotatable bonds is 2. The van der Waals surface area contributed by atoms with Gasteiger partial charge in [0.25, 0.3) is 0 Å². The number of hydrogen-bond acceptors (Lipinski definition) is 3. The van der Waals surface area contributed by atoms with E-state index in [-0.39, 0.29) is 0 Å². The molecule has 0 radical (unpaired) electrons. The molecule has 1 saturated heterocycles. The molecule has 0 amide bonds. The summed E-state index contributed by atoms with van der Waals surface area (Å²) in [5.41, 5.74) is 1.48. The van der Waals surface area contributed by atoms with Gasteiger partial charge in [0, 0.05) is 13.5 Å². The van der Waals surface area contributed by atoms with Gasteiger partial charge in [0.2, 0.25) is 0 Å². The maximum absolute atomic E-state index is 10.7. The predicted octanol–water partition coefficient (Wildman–Crippen LogP) is 1.54. The number of hydrogen-bond donors (Lipinski definition) is 2. The maximum atomic E-state index is 10.7. The van der Waals surface area contributed by atoms with Crippen molar-refractivity contribution in [3.05, 3.63) is 15.9 Å². The van der Waals surface area contributed by atoms with Crippen molar-refractivity contribution in [2.45, 2.75) is 38.2 Å². The lowest BCUT2D eigenvalue weighted by Crippen LogP contribution is -2.33. The Morgan fingerprint density at radius 2 is 2.24 bits per heavy atom. The molecule has 96 valence electrons. The highest BCUT2D eigenvalue weighted by Gasteiger charge is 2.30.